The van der Waals surface area contributed by atoms with Crippen LogP contribution in [0.3, 0.4) is 0 Å². The third-order valence-corrected chi connectivity index (χ3v) is 3.69. The lowest BCUT2D eigenvalue weighted by atomic mass is 10.3. The molecule has 0 aliphatic heterocycles. The molecule has 0 aliphatic carbocycles. The molecule has 0 unspecified atom stereocenters. The van der Waals surface area contributed by atoms with Crippen LogP contribution in [-0.2, 0) is 17.3 Å². The highest BCUT2D eigenvalue weighted by Crippen LogP contribution is 2.34. The van der Waals surface area contributed by atoms with Gasteiger partial charge in [-0.2, -0.15) is 13.2 Å². The second-order valence-corrected chi connectivity index (χ2v) is 5.36. The first-order chi connectivity index (χ1) is 9.79. The summed E-state index contributed by atoms with van der Waals surface area (Å²) in [7, 11) is 1.74. The van der Waals surface area contributed by atoms with Gasteiger partial charge in [0, 0.05) is 19.5 Å². The van der Waals surface area contributed by atoms with Crippen molar-refractivity contribution in [1.82, 2.24) is 9.88 Å². The number of halogens is 3. The minimum atomic E-state index is -4.69. The highest BCUT2D eigenvalue weighted by Gasteiger charge is 2.40. The van der Waals surface area contributed by atoms with E-state index in [1.165, 1.54) is 6.92 Å². The fourth-order valence-electron chi connectivity index (χ4n) is 1.57. The van der Waals surface area contributed by atoms with Crippen LogP contribution in [0.25, 0.3) is 0 Å². The molecule has 0 atom stereocenters. The van der Waals surface area contributed by atoms with Crippen LogP contribution in [0.2, 0.25) is 0 Å². The summed E-state index contributed by atoms with van der Waals surface area (Å²) >= 11 is 0.700. The van der Waals surface area contributed by atoms with Crippen LogP contribution in [0.1, 0.15) is 27.3 Å². The summed E-state index contributed by atoms with van der Waals surface area (Å²) in [6.07, 6.45) is -4.42. The van der Waals surface area contributed by atoms with Crippen LogP contribution in [0.5, 0.6) is 0 Å². The van der Waals surface area contributed by atoms with E-state index in [-0.39, 0.29) is 24.6 Å². The third-order valence-electron chi connectivity index (χ3n) is 2.59. The lowest BCUT2D eigenvalue weighted by molar-refractivity contribution is -0.141. The largest absolute Gasteiger partial charge is 0.462 e. The van der Waals surface area contributed by atoms with Gasteiger partial charge in [-0.15, -0.1) is 11.3 Å². The number of carbonyl (C=O) groups is 1. The smallest absolute Gasteiger partial charge is 0.435 e. The van der Waals surface area contributed by atoms with Crippen LogP contribution in [0.4, 0.5) is 13.2 Å². The number of carbonyl (C=O) groups excluding carboxylic acids is 1. The van der Waals surface area contributed by atoms with Gasteiger partial charge in [0.05, 0.1) is 18.2 Å². The van der Waals surface area contributed by atoms with Gasteiger partial charge in [0.1, 0.15) is 4.88 Å². The summed E-state index contributed by atoms with van der Waals surface area (Å²) in [5, 5.41) is 8.97. The Labute approximate surface area is 124 Å². The molecule has 1 heterocycles. The van der Waals surface area contributed by atoms with Crippen LogP contribution < -0.4 is 0 Å². The van der Waals surface area contributed by atoms with Crippen molar-refractivity contribution in [2.45, 2.75) is 19.5 Å². The van der Waals surface area contributed by atoms with Gasteiger partial charge in [0.2, 0.25) is 0 Å². The van der Waals surface area contributed by atoms with Crippen molar-refractivity contribution < 1.29 is 27.8 Å². The number of aliphatic hydroxyl groups excluding tert-OH is 1. The third kappa shape index (κ3) is 5.25. The van der Waals surface area contributed by atoms with Crippen molar-refractivity contribution >= 4 is 17.3 Å². The van der Waals surface area contributed by atoms with Gasteiger partial charge in [-0.3, -0.25) is 0 Å². The van der Waals surface area contributed by atoms with E-state index in [4.69, 9.17) is 5.11 Å². The van der Waals surface area contributed by atoms with E-state index in [1.54, 1.807) is 11.9 Å². The first-order valence-electron chi connectivity index (χ1n) is 6.33. The number of alkyl halides is 3. The first kappa shape index (κ1) is 17.9. The van der Waals surface area contributed by atoms with Crippen molar-refractivity contribution in [1.29, 1.82) is 0 Å². The second kappa shape index (κ2) is 7.71. The predicted molar refractivity (Wildman–Crippen MR) is 71.4 cm³/mol. The average molecular weight is 326 g/mol. The maximum Gasteiger partial charge on any atom is 0.435 e. The molecule has 0 saturated carbocycles. The molecule has 0 spiro atoms. The minimum absolute atomic E-state index is 0.00258. The van der Waals surface area contributed by atoms with Crippen LogP contribution in [0, 0.1) is 0 Å². The lowest BCUT2D eigenvalue weighted by Crippen LogP contribution is -2.24. The van der Waals surface area contributed by atoms with E-state index in [2.05, 4.69) is 9.72 Å². The monoisotopic (exact) mass is 326 g/mol. The molecule has 120 valence electrons. The normalized spacial score (nSPS) is 12.0. The Kier molecular flexibility index (Phi) is 6.56. The Morgan fingerprint density at radius 3 is 2.62 bits per heavy atom. The highest BCUT2D eigenvalue weighted by molar-refractivity contribution is 7.13. The fourth-order valence-corrected chi connectivity index (χ4v) is 2.53. The number of likely N-dealkylation sites (N-methyl/N-ethyl adjacent to an activating group) is 1. The number of aromatic nitrogens is 1. The standard InChI is InChI=1S/C12H17F3N2O3S/c1-3-20-11(19)9-10(12(13,14)15)16-8(21-9)4-5-17(2)6-7-18/h18H,3-7H2,1-2H3. The molecule has 1 N–H and O–H groups in total. The molecule has 1 aromatic rings. The maximum absolute atomic E-state index is 12.9. The number of hydrogen-bond acceptors (Lipinski definition) is 6. The zero-order valence-electron chi connectivity index (χ0n) is 11.7. The quantitative estimate of drug-likeness (QED) is 0.774. The lowest BCUT2D eigenvalue weighted by Gasteiger charge is -2.13. The molecule has 0 amide bonds. The number of thiazole rings is 1. The SMILES string of the molecule is CCOC(=O)c1sc(CCN(C)CCO)nc1C(F)(F)F. The maximum atomic E-state index is 12.9. The molecular formula is C12H17F3N2O3S. The van der Waals surface area contributed by atoms with E-state index in [9.17, 15) is 18.0 Å². The highest BCUT2D eigenvalue weighted by atomic mass is 32.1. The van der Waals surface area contributed by atoms with Crippen molar-refractivity contribution in [3.05, 3.63) is 15.6 Å². The van der Waals surface area contributed by atoms with E-state index >= 15 is 0 Å². The van der Waals surface area contributed by atoms with Crippen LogP contribution in [-0.4, -0.2) is 54.3 Å². The molecule has 9 heteroatoms. The van der Waals surface area contributed by atoms with Crippen molar-refractivity contribution in [2.75, 3.05) is 33.4 Å². The molecule has 21 heavy (non-hydrogen) atoms. The van der Waals surface area contributed by atoms with Gasteiger partial charge in [-0.05, 0) is 14.0 Å². The summed E-state index contributed by atoms with van der Waals surface area (Å²) in [5.41, 5.74) is -1.19. The number of ether oxygens (including phenoxy) is 1. The average Bonchev–Trinajstić information content (AvgIpc) is 2.81. The van der Waals surface area contributed by atoms with Gasteiger partial charge >= 0.3 is 12.1 Å². The molecule has 0 aromatic carbocycles. The van der Waals surface area contributed by atoms with Gasteiger partial charge in [0.25, 0.3) is 0 Å². The van der Waals surface area contributed by atoms with E-state index in [0.717, 1.165) is 0 Å². The minimum Gasteiger partial charge on any atom is -0.462 e. The predicted octanol–water partition coefficient (Wildman–Crippen LogP) is 1.81. The summed E-state index contributed by atoms with van der Waals surface area (Å²) in [6, 6.07) is 0. The molecule has 0 radical (unpaired) electrons. The molecule has 0 bridgehead atoms. The molecule has 0 fully saturated rings. The molecule has 1 aromatic heterocycles. The van der Waals surface area contributed by atoms with Crippen molar-refractivity contribution in [3.8, 4) is 0 Å². The number of aliphatic hydroxyl groups is 1. The number of hydrogen-bond donors (Lipinski definition) is 1. The zero-order valence-corrected chi connectivity index (χ0v) is 12.6. The van der Waals surface area contributed by atoms with Gasteiger partial charge in [-0.25, -0.2) is 9.78 Å². The fraction of sp³-hybridized carbons (Fsp3) is 0.667. The van der Waals surface area contributed by atoms with Crippen LogP contribution in [0.15, 0.2) is 0 Å². The van der Waals surface area contributed by atoms with E-state index in [1.807, 2.05) is 0 Å². The van der Waals surface area contributed by atoms with Gasteiger partial charge < -0.3 is 14.7 Å². The summed E-state index contributed by atoms with van der Waals surface area (Å²) in [6.45, 7) is 2.35. The number of rotatable bonds is 7. The topological polar surface area (TPSA) is 62.7 Å². The first-order valence-corrected chi connectivity index (χ1v) is 7.14. The zero-order chi connectivity index (χ0) is 16.0. The Morgan fingerprint density at radius 1 is 1.43 bits per heavy atom. The molecule has 0 saturated heterocycles. The summed E-state index contributed by atoms with van der Waals surface area (Å²) < 4.78 is 43.3. The van der Waals surface area contributed by atoms with Gasteiger partial charge in [-0.1, -0.05) is 0 Å². The Balaban J connectivity index is 2.90. The van der Waals surface area contributed by atoms with Gasteiger partial charge in [0.15, 0.2) is 5.69 Å². The molecule has 0 aliphatic rings. The Bertz CT molecular complexity index is 477. The van der Waals surface area contributed by atoms with Crippen molar-refractivity contribution in [2.24, 2.45) is 0 Å². The van der Waals surface area contributed by atoms with E-state index in [0.29, 0.717) is 24.4 Å². The molecule has 1 rings (SSSR count). The number of nitrogens with zero attached hydrogens (tertiary/aromatic N) is 2. The van der Waals surface area contributed by atoms with Crippen LogP contribution >= 0.6 is 11.3 Å². The molecule has 5 nitrogen and oxygen atoms in total. The Morgan fingerprint density at radius 2 is 2.10 bits per heavy atom. The summed E-state index contributed by atoms with van der Waals surface area (Å²) in [4.78, 5) is 16.3. The second-order valence-electron chi connectivity index (χ2n) is 4.28. The summed E-state index contributed by atoms with van der Waals surface area (Å²) in [5.74, 6) is -1.00. The molecular weight excluding hydrogens is 309 g/mol. The number of esters is 1. The Hall–Kier alpha value is -1.19. The van der Waals surface area contributed by atoms with E-state index < -0.39 is 22.7 Å². The van der Waals surface area contributed by atoms with Crippen molar-refractivity contribution in [3.63, 3.8) is 0 Å².